The fraction of sp³-hybridized carbons (Fsp3) is 0.385. The van der Waals surface area contributed by atoms with Gasteiger partial charge in [0.15, 0.2) is 11.5 Å². The molecule has 1 N–H and O–H groups in total. The van der Waals surface area contributed by atoms with E-state index in [4.69, 9.17) is 19.8 Å². The van der Waals surface area contributed by atoms with Crippen LogP contribution in [0.3, 0.4) is 0 Å². The summed E-state index contributed by atoms with van der Waals surface area (Å²) in [6.45, 7) is 3.88. The normalized spacial score (nSPS) is 11.4. The van der Waals surface area contributed by atoms with Gasteiger partial charge in [-0.3, -0.25) is 4.79 Å². The van der Waals surface area contributed by atoms with E-state index in [0.717, 1.165) is 0 Å². The van der Waals surface area contributed by atoms with E-state index < -0.39 is 11.9 Å². The van der Waals surface area contributed by atoms with Gasteiger partial charge in [-0.1, -0.05) is 0 Å². The fourth-order valence-electron chi connectivity index (χ4n) is 1.25. The summed E-state index contributed by atoms with van der Waals surface area (Å²) in [5.41, 5.74) is 0.470. The third-order valence-corrected chi connectivity index (χ3v) is 2.28. The predicted molar refractivity (Wildman–Crippen MR) is 64.6 cm³/mol. The molecule has 0 heterocycles. The molecule has 1 aromatic rings. The molecule has 96 valence electrons. The van der Waals surface area contributed by atoms with Crippen molar-refractivity contribution in [1.29, 1.82) is 5.26 Å². The summed E-state index contributed by atoms with van der Waals surface area (Å²) in [7, 11) is 0. The number of carboxylic acid groups (broad SMARTS) is 1. The summed E-state index contributed by atoms with van der Waals surface area (Å²) in [6.07, 6.45) is 0. The van der Waals surface area contributed by atoms with Crippen molar-refractivity contribution in [1.82, 2.24) is 0 Å². The molecule has 0 aliphatic heterocycles. The number of aliphatic carboxylic acids is 1. The molecule has 1 atom stereocenters. The van der Waals surface area contributed by atoms with Crippen LogP contribution in [0.25, 0.3) is 0 Å². The number of ether oxygens (including phenoxy) is 2. The topological polar surface area (TPSA) is 79.5 Å². The number of nitriles is 1. The van der Waals surface area contributed by atoms with Crippen LogP contribution >= 0.6 is 0 Å². The molecule has 5 heteroatoms. The Balaban J connectivity index is 2.81. The molecule has 0 bridgehead atoms. The molecule has 0 saturated heterocycles. The molecule has 0 spiro atoms. The number of hydrogen-bond donors (Lipinski definition) is 1. The zero-order valence-corrected chi connectivity index (χ0v) is 10.3. The second-order valence-electron chi connectivity index (χ2n) is 3.76. The lowest BCUT2D eigenvalue weighted by Gasteiger charge is -2.13. The molecule has 1 unspecified atom stereocenters. The lowest BCUT2D eigenvalue weighted by molar-refractivity contribution is -0.142. The predicted octanol–water partition coefficient (Wildman–Crippen LogP) is 2.06. The molecule has 18 heavy (non-hydrogen) atoms. The molecule has 5 nitrogen and oxygen atoms in total. The largest absolute Gasteiger partial charge is 0.490 e. The first-order chi connectivity index (χ1) is 8.58. The molecule has 0 aromatic heterocycles. The summed E-state index contributed by atoms with van der Waals surface area (Å²) in [4.78, 5) is 10.7. The molecule has 0 fully saturated rings. The minimum Gasteiger partial charge on any atom is -0.490 e. The Bertz CT molecular complexity index is 465. The van der Waals surface area contributed by atoms with Crippen LogP contribution in [0.1, 0.15) is 19.4 Å². The monoisotopic (exact) mass is 249 g/mol. The summed E-state index contributed by atoms with van der Waals surface area (Å²) in [5, 5.41) is 17.5. The van der Waals surface area contributed by atoms with E-state index in [2.05, 4.69) is 0 Å². The molecule has 1 aromatic carbocycles. The van der Waals surface area contributed by atoms with Crippen LogP contribution in [0.4, 0.5) is 0 Å². The van der Waals surface area contributed by atoms with Gasteiger partial charge in [-0.25, -0.2) is 0 Å². The van der Waals surface area contributed by atoms with Gasteiger partial charge < -0.3 is 14.6 Å². The standard InChI is InChI=1S/C13H15NO4/c1-3-17-12-6-10(7-14)4-5-11(12)18-8-9(2)13(15)16/h4-6,9H,3,8H2,1-2H3,(H,15,16). The van der Waals surface area contributed by atoms with E-state index >= 15 is 0 Å². The molecule has 0 radical (unpaired) electrons. The van der Waals surface area contributed by atoms with Gasteiger partial charge in [-0.2, -0.15) is 5.26 Å². The average Bonchev–Trinajstić information content (AvgIpc) is 2.36. The van der Waals surface area contributed by atoms with Crippen LogP contribution in [0, 0.1) is 17.2 Å². The van der Waals surface area contributed by atoms with Crippen molar-refractivity contribution in [3.63, 3.8) is 0 Å². The molecule has 0 aliphatic rings. The van der Waals surface area contributed by atoms with Gasteiger partial charge >= 0.3 is 5.97 Å². The maximum Gasteiger partial charge on any atom is 0.309 e. The highest BCUT2D eigenvalue weighted by atomic mass is 16.5. The zero-order valence-electron chi connectivity index (χ0n) is 10.3. The third-order valence-electron chi connectivity index (χ3n) is 2.28. The zero-order chi connectivity index (χ0) is 13.5. The van der Waals surface area contributed by atoms with E-state index in [0.29, 0.717) is 23.7 Å². The van der Waals surface area contributed by atoms with Gasteiger partial charge in [-0.15, -0.1) is 0 Å². The highest BCUT2D eigenvalue weighted by Crippen LogP contribution is 2.28. The van der Waals surface area contributed by atoms with Crippen LogP contribution in [-0.2, 0) is 4.79 Å². The highest BCUT2D eigenvalue weighted by Gasteiger charge is 2.13. The first-order valence-corrected chi connectivity index (χ1v) is 5.61. The van der Waals surface area contributed by atoms with Crippen molar-refractivity contribution in [2.45, 2.75) is 13.8 Å². The summed E-state index contributed by atoms with van der Waals surface area (Å²) in [5.74, 6) is -0.616. The van der Waals surface area contributed by atoms with Gasteiger partial charge in [0.1, 0.15) is 6.61 Å². The Hall–Kier alpha value is -2.22. The summed E-state index contributed by atoms with van der Waals surface area (Å²) in [6, 6.07) is 6.79. The van der Waals surface area contributed by atoms with Crippen LogP contribution in [-0.4, -0.2) is 24.3 Å². The number of rotatable bonds is 6. The van der Waals surface area contributed by atoms with Crippen LogP contribution in [0.2, 0.25) is 0 Å². The minimum absolute atomic E-state index is 0.0569. The van der Waals surface area contributed by atoms with Crippen molar-refractivity contribution < 1.29 is 19.4 Å². The Morgan fingerprint density at radius 3 is 2.72 bits per heavy atom. The van der Waals surface area contributed by atoms with Crippen LogP contribution in [0.5, 0.6) is 11.5 Å². The summed E-state index contributed by atoms with van der Waals surface area (Å²) >= 11 is 0. The average molecular weight is 249 g/mol. The van der Waals surface area contributed by atoms with Gasteiger partial charge in [0.2, 0.25) is 0 Å². The molecular weight excluding hydrogens is 234 g/mol. The Morgan fingerprint density at radius 2 is 2.17 bits per heavy atom. The molecule has 0 aliphatic carbocycles. The first kappa shape index (κ1) is 13.8. The smallest absolute Gasteiger partial charge is 0.309 e. The molecule has 0 saturated carbocycles. The lowest BCUT2D eigenvalue weighted by Crippen LogP contribution is -2.18. The lowest BCUT2D eigenvalue weighted by atomic mass is 10.2. The molecule has 1 rings (SSSR count). The van der Waals surface area contributed by atoms with Gasteiger partial charge in [0, 0.05) is 6.07 Å². The van der Waals surface area contributed by atoms with Crippen molar-refractivity contribution >= 4 is 5.97 Å². The molecular formula is C13H15NO4. The Morgan fingerprint density at radius 1 is 1.44 bits per heavy atom. The minimum atomic E-state index is -0.915. The third kappa shape index (κ3) is 3.67. The fourth-order valence-corrected chi connectivity index (χ4v) is 1.25. The van der Waals surface area contributed by atoms with Crippen molar-refractivity contribution in [3.8, 4) is 17.6 Å². The van der Waals surface area contributed by atoms with Gasteiger partial charge in [-0.05, 0) is 26.0 Å². The van der Waals surface area contributed by atoms with Crippen molar-refractivity contribution in [2.24, 2.45) is 5.92 Å². The maximum absolute atomic E-state index is 10.7. The summed E-state index contributed by atoms with van der Waals surface area (Å²) < 4.78 is 10.7. The number of carbonyl (C=O) groups is 1. The second-order valence-corrected chi connectivity index (χ2v) is 3.76. The SMILES string of the molecule is CCOc1cc(C#N)ccc1OCC(C)C(=O)O. The van der Waals surface area contributed by atoms with E-state index in [1.165, 1.54) is 0 Å². The van der Waals surface area contributed by atoms with Gasteiger partial charge in [0.05, 0.1) is 24.2 Å². The number of hydrogen-bond acceptors (Lipinski definition) is 4. The van der Waals surface area contributed by atoms with E-state index in [1.54, 1.807) is 25.1 Å². The number of nitrogens with zero attached hydrogens (tertiary/aromatic N) is 1. The van der Waals surface area contributed by atoms with Gasteiger partial charge in [0.25, 0.3) is 0 Å². The van der Waals surface area contributed by atoms with Crippen molar-refractivity contribution in [3.05, 3.63) is 23.8 Å². The Labute approximate surface area is 106 Å². The van der Waals surface area contributed by atoms with E-state index in [1.807, 2.05) is 13.0 Å². The second kappa shape index (κ2) is 6.50. The van der Waals surface area contributed by atoms with E-state index in [9.17, 15) is 4.79 Å². The number of benzene rings is 1. The van der Waals surface area contributed by atoms with Crippen LogP contribution in [0.15, 0.2) is 18.2 Å². The maximum atomic E-state index is 10.7. The first-order valence-electron chi connectivity index (χ1n) is 5.61. The quantitative estimate of drug-likeness (QED) is 0.834. The Kier molecular flexibility index (Phi) is 5.00. The van der Waals surface area contributed by atoms with Crippen LogP contribution < -0.4 is 9.47 Å². The highest BCUT2D eigenvalue weighted by molar-refractivity contribution is 5.69. The molecule has 0 amide bonds. The van der Waals surface area contributed by atoms with E-state index in [-0.39, 0.29) is 6.61 Å². The van der Waals surface area contributed by atoms with Crippen molar-refractivity contribution in [2.75, 3.05) is 13.2 Å². The number of carboxylic acids is 1.